The molecule has 0 radical (unpaired) electrons. The van der Waals surface area contributed by atoms with Crippen LogP contribution >= 0.6 is 0 Å². The summed E-state index contributed by atoms with van der Waals surface area (Å²) < 4.78 is 17.9. The lowest BCUT2D eigenvalue weighted by molar-refractivity contribution is 0.180. The first kappa shape index (κ1) is 20.8. The first-order valence-electron chi connectivity index (χ1n) is 8.33. The van der Waals surface area contributed by atoms with Gasteiger partial charge in [0.05, 0.1) is 24.7 Å². The number of amides is 1. The standard InChI is InChI=1S/C20H21FN4O3/c1-14(19(24-28-4)15-9-11-17(21)12-10-15)23-22-13-16-7-5-6-8-18(16)25(2)20(26)27-3/h5-13H,1-4H3/b22-13+,23-14+,24-19-. The van der Waals surface area contributed by atoms with E-state index in [9.17, 15) is 9.18 Å². The van der Waals surface area contributed by atoms with Crippen molar-refractivity contribution in [1.29, 1.82) is 0 Å². The van der Waals surface area contributed by atoms with Gasteiger partial charge in [-0.15, -0.1) is 0 Å². The quantitative estimate of drug-likeness (QED) is 0.560. The molecule has 0 spiro atoms. The van der Waals surface area contributed by atoms with Crippen LogP contribution in [0.25, 0.3) is 0 Å². The molecule has 0 aliphatic heterocycles. The maximum atomic E-state index is 13.2. The molecular formula is C20H21FN4O3. The molecule has 0 aliphatic carbocycles. The van der Waals surface area contributed by atoms with Gasteiger partial charge >= 0.3 is 6.09 Å². The third kappa shape index (κ3) is 5.23. The zero-order chi connectivity index (χ0) is 20.5. The molecule has 0 saturated heterocycles. The van der Waals surface area contributed by atoms with Gasteiger partial charge in [0.1, 0.15) is 18.6 Å². The minimum absolute atomic E-state index is 0.348. The number of carbonyl (C=O) groups is 1. The zero-order valence-electron chi connectivity index (χ0n) is 16.1. The molecule has 7 nitrogen and oxygen atoms in total. The van der Waals surface area contributed by atoms with Gasteiger partial charge < -0.3 is 9.57 Å². The van der Waals surface area contributed by atoms with Gasteiger partial charge in [-0.3, -0.25) is 4.90 Å². The van der Waals surface area contributed by atoms with E-state index in [-0.39, 0.29) is 5.82 Å². The van der Waals surface area contributed by atoms with Gasteiger partial charge in [-0.1, -0.05) is 23.4 Å². The number of oxime groups is 1. The molecular weight excluding hydrogens is 363 g/mol. The number of para-hydroxylation sites is 1. The molecule has 28 heavy (non-hydrogen) atoms. The molecule has 2 aromatic rings. The van der Waals surface area contributed by atoms with Crippen molar-refractivity contribution in [2.75, 3.05) is 26.2 Å². The van der Waals surface area contributed by atoms with Gasteiger partial charge in [0, 0.05) is 18.2 Å². The zero-order valence-corrected chi connectivity index (χ0v) is 16.1. The Hall–Kier alpha value is -3.55. The Morgan fingerprint density at radius 2 is 1.79 bits per heavy atom. The lowest BCUT2D eigenvalue weighted by Crippen LogP contribution is -2.26. The van der Waals surface area contributed by atoms with Crippen molar-refractivity contribution in [3.63, 3.8) is 0 Å². The molecule has 2 rings (SSSR count). The van der Waals surface area contributed by atoms with Crippen LogP contribution in [0.4, 0.5) is 14.9 Å². The van der Waals surface area contributed by atoms with Crippen LogP contribution in [-0.4, -0.2) is 45.0 Å². The molecule has 0 aromatic heterocycles. The number of anilines is 1. The van der Waals surface area contributed by atoms with Gasteiger partial charge in [-0.2, -0.15) is 10.2 Å². The van der Waals surface area contributed by atoms with E-state index in [4.69, 9.17) is 9.57 Å². The first-order chi connectivity index (χ1) is 13.5. The van der Waals surface area contributed by atoms with Crippen LogP contribution < -0.4 is 4.90 Å². The highest BCUT2D eigenvalue weighted by Gasteiger charge is 2.13. The summed E-state index contributed by atoms with van der Waals surface area (Å²) in [4.78, 5) is 18.0. The lowest BCUT2D eigenvalue weighted by Gasteiger charge is -2.17. The van der Waals surface area contributed by atoms with Crippen molar-refractivity contribution in [2.24, 2.45) is 15.4 Å². The molecule has 0 aliphatic rings. The van der Waals surface area contributed by atoms with Crippen molar-refractivity contribution >= 4 is 29.4 Å². The van der Waals surface area contributed by atoms with Gasteiger partial charge in [-0.05, 0) is 37.3 Å². The molecule has 0 saturated carbocycles. The van der Waals surface area contributed by atoms with Crippen LogP contribution in [0.1, 0.15) is 18.1 Å². The van der Waals surface area contributed by atoms with Crippen LogP contribution in [0.15, 0.2) is 63.9 Å². The van der Waals surface area contributed by atoms with Crippen LogP contribution in [0.3, 0.4) is 0 Å². The van der Waals surface area contributed by atoms with E-state index >= 15 is 0 Å². The van der Waals surface area contributed by atoms with Crippen LogP contribution in [-0.2, 0) is 9.57 Å². The van der Waals surface area contributed by atoms with Crippen LogP contribution in [0.5, 0.6) is 0 Å². The normalized spacial score (nSPS) is 12.2. The topological polar surface area (TPSA) is 75.9 Å². The number of benzene rings is 2. The highest BCUT2D eigenvalue weighted by atomic mass is 19.1. The highest BCUT2D eigenvalue weighted by molar-refractivity contribution is 6.47. The third-order valence-electron chi connectivity index (χ3n) is 3.79. The molecule has 0 N–H and O–H groups in total. The summed E-state index contributed by atoms with van der Waals surface area (Å²) in [6.45, 7) is 1.71. The predicted molar refractivity (Wildman–Crippen MR) is 108 cm³/mol. The minimum atomic E-state index is -0.494. The van der Waals surface area contributed by atoms with E-state index in [1.165, 1.54) is 37.5 Å². The Morgan fingerprint density at radius 1 is 1.11 bits per heavy atom. The van der Waals surface area contributed by atoms with Gasteiger partial charge in [0.15, 0.2) is 0 Å². The molecule has 0 fully saturated rings. The number of ether oxygens (including phenoxy) is 1. The van der Waals surface area contributed by atoms with Gasteiger partial charge in [0.2, 0.25) is 0 Å². The van der Waals surface area contributed by atoms with Crippen LogP contribution in [0, 0.1) is 5.82 Å². The number of rotatable bonds is 6. The molecule has 2 aromatic carbocycles. The molecule has 1 amide bonds. The SMILES string of the molecule is CO/N=C(/C(C)=N/N=C/c1ccccc1N(C)C(=O)OC)c1ccc(F)cc1. The number of methoxy groups -OCH3 is 1. The highest BCUT2D eigenvalue weighted by Crippen LogP contribution is 2.18. The maximum absolute atomic E-state index is 13.2. The first-order valence-corrected chi connectivity index (χ1v) is 8.33. The second-order valence-corrected chi connectivity index (χ2v) is 5.65. The smallest absolute Gasteiger partial charge is 0.413 e. The summed E-state index contributed by atoms with van der Waals surface area (Å²) in [7, 11) is 4.33. The van der Waals surface area contributed by atoms with Crippen molar-refractivity contribution in [3.05, 3.63) is 65.5 Å². The summed E-state index contributed by atoms with van der Waals surface area (Å²) in [5.41, 5.74) is 2.85. The summed E-state index contributed by atoms with van der Waals surface area (Å²) in [5.74, 6) is -0.348. The molecule has 0 atom stereocenters. The maximum Gasteiger partial charge on any atom is 0.413 e. The van der Waals surface area contributed by atoms with Crippen molar-refractivity contribution < 1.29 is 18.8 Å². The average Bonchev–Trinajstić information content (AvgIpc) is 2.72. The third-order valence-corrected chi connectivity index (χ3v) is 3.79. The van der Waals surface area contributed by atoms with E-state index in [2.05, 4.69) is 15.4 Å². The minimum Gasteiger partial charge on any atom is -0.452 e. The Kier molecular flexibility index (Phi) is 7.38. The van der Waals surface area contributed by atoms with E-state index in [0.717, 1.165) is 0 Å². The fourth-order valence-electron chi connectivity index (χ4n) is 2.39. The molecule has 0 heterocycles. The van der Waals surface area contributed by atoms with Crippen molar-refractivity contribution in [2.45, 2.75) is 6.92 Å². The van der Waals surface area contributed by atoms with E-state index in [1.807, 2.05) is 6.07 Å². The fourth-order valence-corrected chi connectivity index (χ4v) is 2.39. The second kappa shape index (κ2) is 9.96. The van der Waals surface area contributed by atoms with Gasteiger partial charge in [0.25, 0.3) is 0 Å². The monoisotopic (exact) mass is 384 g/mol. The van der Waals surface area contributed by atoms with E-state index < -0.39 is 6.09 Å². The van der Waals surface area contributed by atoms with Gasteiger partial charge in [-0.25, -0.2) is 9.18 Å². The Morgan fingerprint density at radius 3 is 2.43 bits per heavy atom. The summed E-state index contributed by atoms with van der Waals surface area (Å²) in [6.07, 6.45) is 1.03. The summed E-state index contributed by atoms with van der Waals surface area (Å²) in [6, 6.07) is 13.0. The molecule has 146 valence electrons. The fraction of sp³-hybridized carbons (Fsp3) is 0.200. The predicted octanol–water partition coefficient (Wildman–Crippen LogP) is 3.87. The van der Waals surface area contributed by atoms with Crippen molar-refractivity contribution in [1.82, 2.24) is 0 Å². The number of halogens is 1. The summed E-state index contributed by atoms with van der Waals surface area (Å²) >= 11 is 0. The number of carbonyl (C=O) groups excluding carboxylic acids is 1. The van der Waals surface area contributed by atoms with E-state index in [1.54, 1.807) is 44.3 Å². The van der Waals surface area contributed by atoms with Crippen LogP contribution in [0.2, 0.25) is 0 Å². The Labute approximate surface area is 162 Å². The Balaban J connectivity index is 2.29. The lowest BCUT2D eigenvalue weighted by atomic mass is 10.1. The largest absolute Gasteiger partial charge is 0.452 e. The van der Waals surface area contributed by atoms with Crippen molar-refractivity contribution in [3.8, 4) is 0 Å². The number of hydrogen-bond donors (Lipinski definition) is 0. The summed E-state index contributed by atoms with van der Waals surface area (Å²) in [5, 5.41) is 12.2. The van der Waals surface area contributed by atoms with E-state index in [0.29, 0.717) is 28.2 Å². The number of hydrogen-bond acceptors (Lipinski definition) is 6. The average molecular weight is 384 g/mol. The second-order valence-electron chi connectivity index (χ2n) is 5.65. The molecule has 0 unspecified atom stereocenters. The molecule has 8 heteroatoms. The number of nitrogens with zero attached hydrogens (tertiary/aromatic N) is 4. The molecule has 0 bridgehead atoms. The Bertz CT molecular complexity index is 908.